The Morgan fingerprint density at radius 1 is 1.10 bits per heavy atom. The van der Waals surface area contributed by atoms with E-state index >= 15 is 0 Å². The summed E-state index contributed by atoms with van der Waals surface area (Å²) in [6.07, 6.45) is 6.36. The minimum atomic E-state index is -0.193. The molecule has 1 aliphatic rings. The Kier molecular flexibility index (Phi) is 5.10. The Morgan fingerprint density at radius 3 is 2.43 bits per heavy atom. The molecule has 0 bridgehead atoms. The molecule has 1 atom stereocenters. The van der Waals surface area contributed by atoms with Crippen molar-refractivity contribution in [2.75, 3.05) is 17.7 Å². The van der Waals surface area contributed by atoms with Gasteiger partial charge in [0.05, 0.1) is 0 Å². The fraction of sp³-hybridized carbons (Fsp3) is 0.588. The lowest BCUT2D eigenvalue weighted by Crippen LogP contribution is -2.24. The van der Waals surface area contributed by atoms with Crippen LogP contribution >= 0.6 is 0 Å². The van der Waals surface area contributed by atoms with Crippen LogP contribution in [0, 0.1) is 5.41 Å². The number of urea groups is 1. The first-order valence-electron chi connectivity index (χ1n) is 7.84. The third-order valence-corrected chi connectivity index (χ3v) is 4.32. The van der Waals surface area contributed by atoms with E-state index in [0.29, 0.717) is 11.5 Å². The van der Waals surface area contributed by atoms with Crippen molar-refractivity contribution >= 4 is 17.4 Å². The second-order valence-corrected chi connectivity index (χ2v) is 6.72. The summed E-state index contributed by atoms with van der Waals surface area (Å²) in [7, 11) is 1.61. The molecule has 0 aliphatic heterocycles. The molecule has 0 spiro atoms. The molecule has 1 aromatic rings. The fourth-order valence-corrected chi connectivity index (χ4v) is 2.88. The predicted octanol–water partition coefficient (Wildman–Crippen LogP) is 4.21. The Bertz CT molecular complexity index is 467. The molecule has 3 N–H and O–H groups in total. The van der Waals surface area contributed by atoms with Gasteiger partial charge in [0.2, 0.25) is 0 Å². The zero-order valence-electron chi connectivity index (χ0n) is 13.3. The summed E-state index contributed by atoms with van der Waals surface area (Å²) in [5.74, 6) is 0. The standard InChI is InChI=1S/C17H27N3O/c1-17(2)11-4-5-13(10-12-17)19-14-6-8-15(9-7-14)20-16(21)18-3/h6-9,13,19H,4-5,10-12H2,1-3H3,(H2,18,20,21). The number of benzene rings is 1. The van der Waals surface area contributed by atoms with Gasteiger partial charge in [-0.15, -0.1) is 0 Å². The van der Waals surface area contributed by atoms with E-state index in [-0.39, 0.29) is 6.03 Å². The second kappa shape index (κ2) is 6.83. The maximum absolute atomic E-state index is 11.2. The highest BCUT2D eigenvalue weighted by molar-refractivity contribution is 5.89. The Morgan fingerprint density at radius 2 is 1.76 bits per heavy atom. The molecular formula is C17H27N3O. The zero-order chi connectivity index (χ0) is 15.3. The zero-order valence-corrected chi connectivity index (χ0v) is 13.3. The van der Waals surface area contributed by atoms with Crippen molar-refractivity contribution in [2.24, 2.45) is 5.41 Å². The van der Waals surface area contributed by atoms with E-state index in [1.165, 1.54) is 32.1 Å². The van der Waals surface area contributed by atoms with Crippen molar-refractivity contribution in [3.63, 3.8) is 0 Å². The number of rotatable bonds is 3. The number of anilines is 2. The summed E-state index contributed by atoms with van der Waals surface area (Å²) in [5.41, 5.74) is 2.42. The summed E-state index contributed by atoms with van der Waals surface area (Å²) >= 11 is 0. The molecule has 1 unspecified atom stereocenters. The van der Waals surface area contributed by atoms with Crippen LogP contribution in [-0.4, -0.2) is 19.1 Å². The summed E-state index contributed by atoms with van der Waals surface area (Å²) in [5, 5.41) is 8.93. The quantitative estimate of drug-likeness (QED) is 0.730. The predicted molar refractivity (Wildman–Crippen MR) is 88.8 cm³/mol. The average molecular weight is 289 g/mol. The lowest BCUT2D eigenvalue weighted by Gasteiger charge is -2.22. The smallest absolute Gasteiger partial charge is 0.318 e. The minimum absolute atomic E-state index is 0.193. The van der Waals surface area contributed by atoms with Crippen molar-refractivity contribution in [2.45, 2.75) is 52.0 Å². The fourth-order valence-electron chi connectivity index (χ4n) is 2.88. The van der Waals surface area contributed by atoms with E-state index in [4.69, 9.17) is 0 Å². The molecule has 21 heavy (non-hydrogen) atoms. The molecule has 1 aliphatic carbocycles. The van der Waals surface area contributed by atoms with E-state index < -0.39 is 0 Å². The van der Waals surface area contributed by atoms with Crippen molar-refractivity contribution < 1.29 is 4.79 Å². The number of nitrogens with one attached hydrogen (secondary N) is 3. The topological polar surface area (TPSA) is 53.2 Å². The van der Waals surface area contributed by atoms with E-state index in [2.05, 4.69) is 29.8 Å². The second-order valence-electron chi connectivity index (χ2n) is 6.72. The molecule has 0 aromatic heterocycles. The molecule has 2 amide bonds. The lowest BCUT2D eigenvalue weighted by molar-refractivity contribution is 0.254. The maximum atomic E-state index is 11.2. The number of amides is 2. The van der Waals surface area contributed by atoms with Gasteiger partial charge in [0, 0.05) is 24.5 Å². The Balaban J connectivity index is 1.89. The van der Waals surface area contributed by atoms with Gasteiger partial charge in [-0.05, 0) is 55.4 Å². The van der Waals surface area contributed by atoms with Crippen LogP contribution in [0.15, 0.2) is 24.3 Å². The number of carbonyl (C=O) groups excluding carboxylic acids is 1. The molecule has 4 nitrogen and oxygen atoms in total. The highest BCUT2D eigenvalue weighted by atomic mass is 16.2. The number of carbonyl (C=O) groups is 1. The molecule has 0 radical (unpaired) electrons. The third kappa shape index (κ3) is 4.96. The normalized spacial score (nSPS) is 21.2. The van der Waals surface area contributed by atoms with Crippen LogP contribution in [0.4, 0.5) is 16.2 Å². The molecule has 1 saturated carbocycles. The minimum Gasteiger partial charge on any atom is -0.382 e. The van der Waals surface area contributed by atoms with Gasteiger partial charge in [0.15, 0.2) is 0 Å². The van der Waals surface area contributed by atoms with E-state index in [1.54, 1.807) is 7.05 Å². The molecule has 4 heteroatoms. The first-order valence-corrected chi connectivity index (χ1v) is 7.84. The third-order valence-electron chi connectivity index (χ3n) is 4.32. The molecule has 2 rings (SSSR count). The summed E-state index contributed by atoms with van der Waals surface area (Å²) in [4.78, 5) is 11.2. The summed E-state index contributed by atoms with van der Waals surface area (Å²) in [6, 6.07) is 8.28. The largest absolute Gasteiger partial charge is 0.382 e. The van der Waals surface area contributed by atoms with Gasteiger partial charge in [-0.1, -0.05) is 20.3 Å². The van der Waals surface area contributed by atoms with Crippen LogP contribution in [0.5, 0.6) is 0 Å². The van der Waals surface area contributed by atoms with Crippen molar-refractivity contribution in [1.82, 2.24) is 5.32 Å². The first-order chi connectivity index (χ1) is 9.98. The SMILES string of the molecule is CNC(=O)Nc1ccc(NC2CCCC(C)(C)CC2)cc1. The van der Waals surface area contributed by atoms with Gasteiger partial charge in [-0.3, -0.25) is 0 Å². The molecule has 1 fully saturated rings. The van der Waals surface area contributed by atoms with Gasteiger partial charge < -0.3 is 16.0 Å². The van der Waals surface area contributed by atoms with E-state index in [0.717, 1.165) is 11.4 Å². The van der Waals surface area contributed by atoms with Crippen LogP contribution in [0.1, 0.15) is 46.0 Å². The molecule has 0 heterocycles. The highest BCUT2D eigenvalue weighted by Gasteiger charge is 2.24. The first kappa shape index (κ1) is 15.7. The van der Waals surface area contributed by atoms with Crippen molar-refractivity contribution in [1.29, 1.82) is 0 Å². The van der Waals surface area contributed by atoms with Crippen LogP contribution < -0.4 is 16.0 Å². The highest BCUT2D eigenvalue weighted by Crippen LogP contribution is 2.34. The van der Waals surface area contributed by atoms with Gasteiger partial charge in [-0.25, -0.2) is 4.79 Å². The summed E-state index contributed by atoms with van der Waals surface area (Å²) < 4.78 is 0. The van der Waals surface area contributed by atoms with Crippen LogP contribution in [0.25, 0.3) is 0 Å². The van der Waals surface area contributed by atoms with Crippen LogP contribution in [-0.2, 0) is 0 Å². The Hall–Kier alpha value is -1.71. The van der Waals surface area contributed by atoms with Gasteiger partial charge in [0.1, 0.15) is 0 Å². The van der Waals surface area contributed by atoms with Gasteiger partial charge >= 0.3 is 6.03 Å². The van der Waals surface area contributed by atoms with E-state index in [1.807, 2.05) is 24.3 Å². The van der Waals surface area contributed by atoms with Gasteiger partial charge in [-0.2, -0.15) is 0 Å². The van der Waals surface area contributed by atoms with Crippen molar-refractivity contribution in [3.05, 3.63) is 24.3 Å². The van der Waals surface area contributed by atoms with Crippen LogP contribution in [0.2, 0.25) is 0 Å². The number of hydrogen-bond acceptors (Lipinski definition) is 2. The Labute approximate surface area is 127 Å². The summed E-state index contributed by atoms with van der Waals surface area (Å²) in [6.45, 7) is 4.74. The molecule has 116 valence electrons. The molecule has 0 saturated heterocycles. The average Bonchev–Trinajstić information content (AvgIpc) is 2.62. The lowest BCUT2D eigenvalue weighted by atomic mass is 9.85. The van der Waals surface area contributed by atoms with Crippen LogP contribution in [0.3, 0.4) is 0 Å². The molecular weight excluding hydrogens is 262 g/mol. The number of hydrogen-bond donors (Lipinski definition) is 3. The van der Waals surface area contributed by atoms with Gasteiger partial charge in [0.25, 0.3) is 0 Å². The molecule has 1 aromatic carbocycles. The monoisotopic (exact) mass is 289 g/mol. The maximum Gasteiger partial charge on any atom is 0.318 e. The van der Waals surface area contributed by atoms with E-state index in [9.17, 15) is 4.79 Å². The van der Waals surface area contributed by atoms with Crippen molar-refractivity contribution in [3.8, 4) is 0 Å².